The number of nitro groups is 1. The second-order valence-corrected chi connectivity index (χ2v) is 8.04. The Kier molecular flexibility index (Phi) is 6.55. The summed E-state index contributed by atoms with van der Waals surface area (Å²) in [5.74, 6) is 1.08. The molecule has 0 aliphatic carbocycles. The third-order valence-corrected chi connectivity index (χ3v) is 5.43. The number of benzene rings is 3. The minimum absolute atomic E-state index is 0.0245. The van der Waals surface area contributed by atoms with Crippen LogP contribution in [0.1, 0.15) is 16.7 Å². The summed E-state index contributed by atoms with van der Waals surface area (Å²) in [6.07, 6.45) is 3.42. The first-order valence-corrected chi connectivity index (χ1v) is 10.7. The molecule has 0 fully saturated rings. The van der Waals surface area contributed by atoms with Crippen molar-refractivity contribution in [1.29, 1.82) is 0 Å². The van der Waals surface area contributed by atoms with Crippen molar-refractivity contribution in [3.05, 3.63) is 110 Å². The summed E-state index contributed by atoms with van der Waals surface area (Å²) in [4.78, 5) is 22.7. The van der Waals surface area contributed by atoms with Crippen LogP contribution in [0.4, 0.5) is 5.69 Å². The maximum atomic E-state index is 12.3. The van der Waals surface area contributed by atoms with Gasteiger partial charge in [0.25, 0.3) is 5.69 Å². The molecule has 0 bridgehead atoms. The number of halogens is 1. The average Bonchev–Trinajstić information content (AvgIpc) is 3.18. The van der Waals surface area contributed by atoms with E-state index in [0.29, 0.717) is 22.8 Å². The third-order valence-electron chi connectivity index (χ3n) is 4.91. The molecule has 0 spiro atoms. The normalized spacial score (nSPS) is 14.1. The number of esters is 1. The van der Waals surface area contributed by atoms with Crippen LogP contribution in [-0.4, -0.2) is 18.0 Å². The van der Waals surface area contributed by atoms with Crippen LogP contribution >= 0.6 is 15.9 Å². The zero-order valence-corrected chi connectivity index (χ0v) is 19.1. The molecule has 1 heterocycles. The van der Waals surface area contributed by atoms with Crippen molar-refractivity contribution >= 4 is 39.4 Å². The zero-order valence-electron chi connectivity index (χ0n) is 17.5. The first-order chi connectivity index (χ1) is 15.9. The van der Waals surface area contributed by atoms with E-state index in [1.807, 2.05) is 24.3 Å². The van der Waals surface area contributed by atoms with Crippen LogP contribution in [0.25, 0.3) is 11.8 Å². The van der Waals surface area contributed by atoms with E-state index in [1.165, 1.54) is 19.2 Å². The van der Waals surface area contributed by atoms with Crippen LogP contribution in [0.15, 0.2) is 82.9 Å². The number of ether oxygens (including phenoxy) is 3. The van der Waals surface area contributed by atoms with Crippen molar-refractivity contribution < 1.29 is 23.9 Å². The second kappa shape index (κ2) is 9.70. The number of non-ortho nitro benzene ring substituents is 1. The molecule has 1 aliphatic rings. The fraction of sp³-hybridized carbons (Fsp3) is 0.0800. The molecule has 4 rings (SSSR count). The number of cyclic esters (lactones) is 1. The van der Waals surface area contributed by atoms with Crippen molar-refractivity contribution in [3.63, 3.8) is 0 Å². The first-order valence-electron chi connectivity index (χ1n) is 9.88. The number of nitro benzene ring substituents is 1. The Hall–Kier alpha value is -3.91. The zero-order chi connectivity index (χ0) is 23.4. The number of nitrogens with zero attached hydrogens (tertiary/aromatic N) is 1. The van der Waals surface area contributed by atoms with Gasteiger partial charge in [-0.05, 0) is 59.7 Å². The van der Waals surface area contributed by atoms with Gasteiger partial charge >= 0.3 is 5.97 Å². The van der Waals surface area contributed by atoms with E-state index < -0.39 is 10.9 Å². The Labute approximate surface area is 198 Å². The number of methoxy groups -OCH3 is 1. The average molecular weight is 508 g/mol. The number of carbonyl (C=O) groups is 1. The largest absolute Gasteiger partial charge is 0.493 e. The van der Waals surface area contributed by atoms with Crippen molar-refractivity contribution in [3.8, 4) is 11.5 Å². The fourth-order valence-corrected chi connectivity index (χ4v) is 3.46. The standard InChI is InChI=1S/C25H18BrNO6/c1-31-24-13-17(4-11-22(24)32-15-16-2-9-21(10-3-16)27(29)30)12-19-14-23(33-25(19)28)18-5-7-20(26)8-6-18/h2-14H,15H2,1H3/b19-12+. The van der Waals surface area contributed by atoms with E-state index in [0.717, 1.165) is 21.2 Å². The molecule has 33 heavy (non-hydrogen) atoms. The molecule has 1 aliphatic heterocycles. The Morgan fingerprint density at radius 1 is 1.03 bits per heavy atom. The molecular weight excluding hydrogens is 490 g/mol. The van der Waals surface area contributed by atoms with Gasteiger partial charge in [0.2, 0.25) is 0 Å². The summed E-state index contributed by atoms with van der Waals surface area (Å²) in [5, 5.41) is 10.8. The smallest absolute Gasteiger partial charge is 0.343 e. The predicted octanol–water partition coefficient (Wildman–Crippen LogP) is 5.93. The summed E-state index contributed by atoms with van der Waals surface area (Å²) < 4.78 is 17.6. The monoisotopic (exact) mass is 507 g/mol. The summed E-state index contributed by atoms with van der Waals surface area (Å²) in [6, 6.07) is 19.0. The van der Waals surface area contributed by atoms with E-state index in [-0.39, 0.29) is 12.3 Å². The van der Waals surface area contributed by atoms with Gasteiger partial charge in [-0.15, -0.1) is 0 Å². The molecule has 7 nitrogen and oxygen atoms in total. The number of rotatable bonds is 7. The Bertz CT molecular complexity index is 1260. The Balaban J connectivity index is 1.50. The maximum absolute atomic E-state index is 12.3. The van der Waals surface area contributed by atoms with Crippen molar-refractivity contribution in [2.75, 3.05) is 7.11 Å². The number of carbonyl (C=O) groups excluding carboxylic acids is 1. The van der Waals surface area contributed by atoms with Gasteiger partial charge in [0.05, 0.1) is 17.6 Å². The number of hydrogen-bond donors (Lipinski definition) is 0. The predicted molar refractivity (Wildman–Crippen MR) is 127 cm³/mol. The van der Waals surface area contributed by atoms with Crippen LogP contribution in [0.2, 0.25) is 0 Å². The highest BCUT2D eigenvalue weighted by molar-refractivity contribution is 9.10. The minimum atomic E-state index is -0.446. The highest BCUT2D eigenvalue weighted by Gasteiger charge is 2.22. The molecule has 8 heteroatoms. The van der Waals surface area contributed by atoms with E-state index in [9.17, 15) is 14.9 Å². The van der Waals surface area contributed by atoms with Gasteiger partial charge in [-0.25, -0.2) is 4.79 Å². The van der Waals surface area contributed by atoms with Gasteiger partial charge in [0.1, 0.15) is 12.4 Å². The molecule has 0 saturated heterocycles. The van der Waals surface area contributed by atoms with Crippen LogP contribution in [0.3, 0.4) is 0 Å². The molecular formula is C25H18BrNO6. The molecule has 0 unspecified atom stereocenters. The van der Waals surface area contributed by atoms with Crippen LogP contribution in [0, 0.1) is 10.1 Å². The lowest BCUT2D eigenvalue weighted by atomic mass is 10.1. The summed E-state index contributed by atoms with van der Waals surface area (Å²) in [6.45, 7) is 0.223. The molecule has 0 amide bonds. The van der Waals surface area contributed by atoms with Gasteiger partial charge in [-0.1, -0.05) is 34.1 Å². The summed E-state index contributed by atoms with van der Waals surface area (Å²) in [7, 11) is 1.53. The fourth-order valence-electron chi connectivity index (χ4n) is 3.19. The third kappa shape index (κ3) is 5.30. The number of hydrogen-bond acceptors (Lipinski definition) is 6. The molecule has 3 aromatic carbocycles. The molecule has 0 N–H and O–H groups in total. The van der Waals surface area contributed by atoms with Gasteiger partial charge in [0, 0.05) is 22.2 Å². The van der Waals surface area contributed by atoms with E-state index in [2.05, 4.69) is 15.9 Å². The second-order valence-electron chi connectivity index (χ2n) is 7.13. The molecule has 166 valence electrons. The molecule has 0 saturated carbocycles. The lowest BCUT2D eigenvalue weighted by molar-refractivity contribution is -0.384. The van der Waals surface area contributed by atoms with Gasteiger partial charge in [0.15, 0.2) is 11.5 Å². The summed E-state index contributed by atoms with van der Waals surface area (Å²) in [5.41, 5.74) is 2.79. The Morgan fingerprint density at radius 3 is 2.42 bits per heavy atom. The van der Waals surface area contributed by atoms with E-state index in [4.69, 9.17) is 14.2 Å². The SMILES string of the molecule is COc1cc(/C=C2\C=C(c3ccc(Br)cc3)OC2=O)ccc1OCc1ccc([N+](=O)[O-])cc1. The molecule has 0 aromatic heterocycles. The molecule has 3 aromatic rings. The summed E-state index contributed by atoms with van der Waals surface area (Å²) >= 11 is 3.39. The van der Waals surface area contributed by atoms with Crippen LogP contribution in [-0.2, 0) is 16.1 Å². The van der Waals surface area contributed by atoms with Gasteiger partial charge in [-0.2, -0.15) is 0 Å². The lowest BCUT2D eigenvalue weighted by Gasteiger charge is -2.11. The highest BCUT2D eigenvalue weighted by atomic mass is 79.9. The van der Waals surface area contributed by atoms with E-state index in [1.54, 1.807) is 42.5 Å². The maximum Gasteiger partial charge on any atom is 0.343 e. The highest BCUT2D eigenvalue weighted by Crippen LogP contribution is 2.32. The van der Waals surface area contributed by atoms with Gasteiger partial charge in [-0.3, -0.25) is 10.1 Å². The van der Waals surface area contributed by atoms with Crippen LogP contribution < -0.4 is 9.47 Å². The topological polar surface area (TPSA) is 87.9 Å². The molecule has 0 radical (unpaired) electrons. The van der Waals surface area contributed by atoms with E-state index >= 15 is 0 Å². The first kappa shape index (κ1) is 22.3. The quantitative estimate of drug-likeness (QED) is 0.170. The lowest BCUT2D eigenvalue weighted by Crippen LogP contribution is -1.99. The van der Waals surface area contributed by atoms with Crippen molar-refractivity contribution in [2.45, 2.75) is 6.61 Å². The van der Waals surface area contributed by atoms with Crippen LogP contribution in [0.5, 0.6) is 11.5 Å². The van der Waals surface area contributed by atoms with Crippen molar-refractivity contribution in [1.82, 2.24) is 0 Å². The van der Waals surface area contributed by atoms with Gasteiger partial charge < -0.3 is 14.2 Å². The van der Waals surface area contributed by atoms with Crippen molar-refractivity contribution in [2.24, 2.45) is 0 Å². The Morgan fingerprint density at radius 2 is 1.76 bits per heavy atom. The minimum Gasteiger partial charge on any atom is -0.493 e. The molecule has 0 atom stereocenters.